The maximum absolute atomic E-state index is 13.0. The third-order valence-corrected chi connectivity index (χ3v) is 7.78. The Morgan fingerprint density at radius 1 is 1.10 bits per heavy atom. The van der Waals surface area contributed by atoms with Crippen LogP contribution in [0.5, 0.6) is 17.2 Å². The summed E-state index contributed by atoms with van der Waals surface area (Å²) >= 11 is 1.64. The van der Waals surface area contributed by atoms with Gasteiger partial charge in [-0.1, -0.05) is 18.2 Å². The summed E-state index contributed by atoms with van der Waals surface area (Å²) in [6.45, 7) is 4.49. The van der Waals surface area contributed by atoms with Gasteiger partial charge in [0.1, 0.15) is 11.9 Å². The molecule has 206 valence electrons. The molecule has 1 fully saturated rings. The molecule has 8 rings (SSSR count). The average molecular weight is 551 g/mol. The minimum atomic E-state index is -0.233. The topological polar surface area (TPSA) is 102 Å². The van der Waals surface area contributed by atoms with E-state index in [4.69, 9.17) is 14.2 Å². The maximum atomic E-state index is 13.0. The normalized spacial score (nSPS) is 20.8. The number of rotatable bonds is 3. The Morgan fingerprint density at radius 2 is 1.92 bits per heavy atom. The van der Waals surface area contributed by atoms with Gasteiger partial charge in [-0.3, -0.25) is 14.5 Å². The van der Waals surface area contributed by atoms with E-state index in [0.717, 1.165) is 47.1 Å². The number of nitrogens with one attached hydrogen (secondary N) is 2. The molecule has 0 saturated carbocycles. The predicted octanol–water partition coefficient (Wildman–Crippen LogP) is 3.24. The number of likely N-dealkylation sites (tertiary alicyclic amines) is 1. The van der Waals surface area contributed by atoms with E-state index in [9.17, 15) is 9.59 Å². The molecule has 2 amide bonds. The van der Waals surface area contributed by atoms with Crippen LogP contribution in [0.25, 0.3) is 0 Å². The molecule has 0 radical (unpaired) electrons. The fourth-order valence-electron chi connectivity index (χ4n) is 4.92. The monoisotopic (exact) mass is 550 g/mol. The van der Waals surface area contributed by atoms with Gasteiger partial charge < -0.3 is 24.8 Å². The summed E-state index contributed by atoms with van der Waals surface area (Å²) in [5, 5.41) is 9.26. The molecule has 5 aliphatic rings. The highest BCUT2D eigenvalue weighted by atomic mass is 32.1. The van der Waals surface area contributed by atoms with Gasteiger partial charge in [-0.25, -0.2) is 4.98 Å². The van der Waals surface area contributed by atoms with Gasteiger partial charge in [-0.05, 0) is 55.2 Å². The van der Waals surface area contributed by atoms with Crippen LogP contribution in [0, 0.1) is 6.92 Å². The number of carbonyl (C=O) groups is 2. The predicted molar refractivity (Wildman–Crippen MR) is 148 cm³/mol. The lowest BCUT2D eigenvalue weighted by molar-refractivity contribution is -0.125. The highest BCUT2D eigenvalue weighted by molar-refractivity contribution is 7.09. The molecule has 0 unspecified atom stereocenters. The summed E-state index contributed by atoms with van der Waals surface area (Å²) < 4.78 is 17.7. The molecule has 2 aromatic carbocycles. The van der Waals surface area contributed by atoms with Crippen LogP contribution in [0.3, 0.4) is 0 Å². The molecule has 2 N–H and O–H groups in total. The molecule has 4 bridgehead atoms. The van der Waals surface area contributed by atoms with Gasteiger partial charge in [0, 0.05) is 38.0 Å². The van der Waals surface area contributed by atoms with Gasteiger partial charge in [-0.2, -0.15) is 0 Å². The van der Waals surface area contributed by atoms with E-state index < -0.39 is 0 Å². The first-order valence-electron chi connectivity index (χ1n) is 13.2. The van der Waals surface area contributed by atoms with Crippen molar-refractivity contribution in [3.8, 4) is 17.2 Å². The van der Waals surface area contributed by atoms with E-state index in [-0.39, 0.29) is 30.6 Å². The van der Waals surface area contributed by atoms with Crippen molar-refractivity contribution < 1.29 is 23.8 Å². The summed E-state index contributed by atoms with van der Waals surface area (Å²) in [5.74, 6) is 1.48. The molecule has 2 atom stereocenters. The minimum Gasteiger partial charge on any atom is -0.493 e. The van der Waals surface area contributed by atoms with Crippen LogP contribution in [0.2, 0.25) is 0 Å². The fourth-order valence-corrected chi connectivity index (χ4v) is 5.52. The quantitative estimate of drug-likeness (QED) is 0.516. The molecule has 9 nitrogen and oxygen atoms in total. The lowest BCUT2D eigenvalue weighted by Crippen LogP contribution is -2.57. The zero-order valence-electron chi connectivity index (χ0n) is 22.3. The van der Waals surface area contributed by atoms with Crippen molar-refractivity contribution >= 4 is 23.2 Å². The van der Waals surface area contributed by atoms with E-state index in [1.54, 1.807) is 24.5 Å². The van der Waals surface area contributed by atoms with Crippen LogP contribution < -0.4 is 24.8 Å². The first-order chi connectivity index (χ1) is 18.9. The number of methoxy groups -OCH3 is 1. The van der Waals surface area contributed by atoms with Crippen LogP contribution >= 0.6 is 11.3 Å². The number of ether oxygens (including phenoxy) is 3. The molecular formula is C29H34N4O5S. The van der Waals surface area contributed by atoms with E-state index in [0.29, 0.717) is 37.4 Å². The largest absolute Gasteiger partial charge is 0.493 e. The minimum absolute atomic E-state index is 0.0249. The average Bonchev–Trinajstić information content (AvgIpc) is 3.35. The Bertz CT molecular complexity index is 1300. The Labute approximate surface area is 232 Å². The van der Waals surface area contributed by atoms with Crippen molar-refractivity contribution in [3.63, 3.8) is 0 Å². The van der Waals surface area contributed by atoms with Gasteiger partial charge in [0.25, 0.3) is 5.91 Å². The summed E-state index contributed by atoms with van der Waals surface area (Å²) in [6.07, 6.45) is 1.47. The van der Waals surface area contributed by atoms with Gasteiger partial charge in [-0.15, -0.1) is 11.3 Å². The van der Waals surface area contributed by atoms with Gasteiger partial charge in [0.15, 0.2) is 18.1 Å². The molecule has 1 saturated heterocycles. The summed E-state index contributed by atoms with van der Waals surface area (Å²) in [5.41, 5.74) is 2.98. The molecule has 0 aliphatic carbocycles. The second kappa shape index (κ2) is 12.5. The van der Waals surface area contributed by atoms with Crippen LogP contribution in [0.15, 0.2) is 47.8 Å². The van der Waals surface area contributed by atoms with E-state index in [1.165, 1.54) is 0 Å². The number of thiazole rings is 1. The van der Waals surface area contributed by atoms with Gasteiger partial charge in [0.05, 0.1) is 23.9 Å². The Balaban J connectivity index is 1.35. The third kappa shape index (κ3) is 7.27. The highest BCUT2D eigenvalue weighted by Crippen LogP contribution is 2.29. The van der Waals surface area contributed by atoms with Gasteiger partial charge >= 0.3 is 0 Å². The molecule has 10 heteroatoms. The first-order valence-corrected chi connectivity index (χ1v) is 14.1. The molecular weight excluding hydrogens is 516 g/mol. The molecule has 0 spiro atoms. The Kier molecular flexibility index (Phi) is 8.63. The number of nitrogens with zero attached hydrogens (tertiary/aromatic N) is 2. The number of piperidine rings is 1. The number of hydrogen-bond donors (Lipinski definition) is 2. The number of aryl methyl sites for hydroxylation is 2. The number of aromatic nitrogens is 1. The maximum Gasteiger partial charge on any atom is 0.258 e. The van der Waals surface area contributed by atoms with Crippen molar-refractivity contribution in [2.24, 2.45) is 0 Å². The van der Waals surface area contributed by atoms with Crippen molar-refractivity contribution in [2.75, 3.05) is 26.8 Å². The van der Waals surface area contributed by atoms with Crippen LogP contribution in [-0.2, 0) is 29.1 Å². The molecule has 39 heavy (non-hydrogen) atoms. The van der Waals surface area contributed by atoms with E-state index >= 15 is 0 Å². The Morgan fingerprint density at radius 3 is 2.69 bits per heavy atom. The zero-order valence-corrected chi connectivity index (χ0v) is 23.1. The van der Waals surface area contributed by atoms with E-state index in [2.05, 4.69) is 25.9 Å². The second-order valence-corrected chi connectivity index (χ2v) is 11.0. The van der Waals surface area contributed by atoms with Crippen molar-refractivity contribution in [1.82, 2.24) is 20.5 Å². The van der Waals surface area contributed by atoms with Crippen LogP contribution in [-0.4, -0.2) is 60.7 Å². The number of amides is 2. The van der Waals surface area contributed by atoms with E-state index in [1.807, 2.05) is 43.3 Å². The number of carbonyl (C=O) groups excluding carboxylic acids is 2. The Hall–Kier alpha value is -3.63. The third-order valence-electron chi connectivity index (χ3n) is 6.96. The van der Waals surface area contributed by atoms with Crippen molar-refractivity contribution in [1.29, 1.82) is 0 Å². The number of hydrogen-bond acceptors (Lipinski definition) is 8. The lowest BCUT2D eigenvalue weighted by atomic mass is 10.0. The molecule has 3 aromatic rings. The van der Waals surface area contributed by atoms with Crippen LogP contribution in [0.4, 0.5) is 0 Å². The highest BCUT2D eigenvalue weighted by Gasteiger charge is 2.32. The fraction of sp³-hybridized carbons (Fsp3) is 0.414. The van der Waals surface area contributed by atoms with Crippen LogP contribution in [0.1, 0.15) is 34.7 Å². The standard InChI is InChI=1S/C29H34N4O5S/c1-19-31-22(18-39-19)15-33-12-11-25-24(16-33)32-29(35)17-37-26-9-5-20(13-27(26)36-2)6-10-28(34)30-14-21-3-7-23(38-25)8-4-21/h3-5,7-9,13,18,24-25H,6,10-12,14-17H2,1-2H3,(H,30,34)(H,32,35)/t24-,25-/m1/s1. The summed E-state index contributed by atoms with van der Waals surface area (Å²) in [6, 6.07) is 13.0. The second-order valence-electron chi connectivity index (χ2n) is 9.91. The molecule has 1 aromatic heterocycles. The van der Waals surface area contributed by atoms with Gasteiger partial charge in [0.2, 0.25) is 5.91 Å². The lowest BCUT2D eigenvalue weighted by Gasteiger charge is -2.38. The van der Waals surface area contributed by atoms with Crippen molar-refractivity contribution in [3.05, 3.63) is 69.7 Å². The molecule has 5 aliphatic heterocycles. The first kappa shape index (κ1) is 27.0. The zero-order chi connectivity index (χ0) is 27.2. The van der Waals surface area contributed by atoms with Crippen molar-refractivity contribution in [2.45, 2.75) is 51.4 Å². The smallest absolute Gasteiger partial charge is 0.258 e. The summed E-state index contributed by atoms with van der Waals surface area (Å²) in [7, 11) is 1.56. The summed E-state index contributed by atoms with van der Waals surface area (Å²) in [4.78, 5) is 32.4. The SMILES string of the molecule is COc1cc2ccc1OCC(=O)N[C@@H]1CN(Cc3csc(C)n3)CC[C@H]1Oc1ccc(cc1)CNC(=O)CC2. The number of benzene rings is 2. The molecule has 6 heterocycles.